The van der Waals surface area contributed by atoms with Crippen molar-refractivity contribution in [2.75, 3.05) is 57.8 Å². The van der Waals surface area contributed by atoms with Crippen molar-refractivity contribution in [1.29, 1.82) is 0 Å². The van der Waals surface area contributed by atoms with Crippen LogP contribution in [0.15, 0.2) is 24.4 Å². The van der Waals surface area contributed by atoms with Gasteiger partial charge < -0.3 is 14.5 Å². The van der Waals surface area contributed by atoms with Crippen molar-refractivity contribution in [1.82, 2.24) is 14.8 Å². The first-order chi connectivity index (χ1) is 12.7. The van der Waals surface area contributed by atoms with Crippen molar-refractivity contribution in [3.63, 3.8) is 0 Å². The monoisotopic (exact) mass is 354 g/mol. The average molecular weight is 354 g/mol. The van der Waals surface area contributed by atoms with Crippen LogP contribution in [0.5, 0.6) is 5.75 Å². The number of para-hydroxylation sites is 1. The van der Waals surface area contributed by atoms with E-state index in [1.807, 2.05) is 12.3 Å². The Morgan fingerprint density at radius 2 is 1.96 bits per heavy atom. The number of rotatable bonds is 4. The van der Waals surface area contributed by atoms with Gasteiger partial charge in [-0.1, -0.05) is 19.1 Å². The normalized spacial score (nSPS) is 22.3. The van der Waals surface area contributed by atoms with Gasteiger partial charge in [0.05, 0.1) is 12.8 Å². The summed E-state index contributed by atoms with van der Waals surface area (Å²) in [5, 5.41) is 1.21. The Morgan fingerprint density at radius 1 is 1.15 bits per heavy atom. The van der Waals surface area contributed by atoms with E-state index in [1.54, 1.807) is 7.11 Å². The molecule has 0 N–H and O–H groups in total. The topological polar surface area (TPSA) is 31.8 Å². The highest BCUT2D eigenvalue weighted by Gasteiger charge is 2.31. The summed E-state index contributed by atoms with van der Waals surface area (Å²) in [6.07, 6.45) is 3.24. The first kappa shape index (κ1) is 17.6. The maximum absolute atomic E-state index is 5.53. The summed E-state index contributed by atoms with van der Waals surface area (Å²) in [4.78, 5) is 12.5. The second-order valence-corrected chi connectivity index (χ2v) is 7.51. The van der Waals surface area contributed by atoms with Crippen LogP contribution in [0.4, 0.5) is 5.69 Å². The zero-order valence-corrected chi connectivity index (χ0v) is 16.2. The van der Waals surface area contributed by atoms with Gasteiger partial charge in [0.2, 0.25) is 0 Å². The molecule has 140 valence electrons. The van der Waals surface area contributed by atoms with Gasteiger partial charge in [0.25, 0.3) is 0 Å². The van der Waals surface area contributed by atoms with Crippen LogP contribution in [-0.2, 0) is 0 Å². The van der Waals surface area contributed by atoms with Crippen LogP contribution < -0.4 is 9.64 Å². The van der Waals surface area contributed by atoms with E-state index in [0.29, 0.717) is 6.04 Å². The number of likely N-dealkylation sites (N-methyl/N-ethyl adjacent to an activating group) is 1. The van der Waals surface area contributed by atoms with E-state index in [0.717, 1.165) is 24.4 Å². The third-order valence-electron chi connectivity index (χ3n) is 6.08. The summed E-state index contributed by atoms with van der Waals surface area (Å²) in [5.74, 6) is 0.857. The molecule has 2 aliphatic rings. The van der Waals surface area contributed by atoms with E-state index in [4.69, 9.17) is 4.74 Å². The number of ether oxygens (including phenoxy) is 1. The van der Waals surface area contributed by atoms with Crippen molar-refractivity contribution in [2.45, 2.75) is 26.3 Å². The molecule has 0 spiro atoms. The number of piperazine rings is 1. The maximum Gasteiger partial charge on any atom is 0.145 e. The molecular formula is C21H30N4O. The average Bonchev–Trinajstić information content (AvgIpc) is 3.17. The minimum absolute atomic E-state index is 0.669. The quantitative estimate of drug-likeness (QED) is 0.843. The molecule has 1 atom stereocenters. The van der Waals surface area contributed by atoms with E-state index < -0.39 is 0 Å². The van der Waals surface area contributed by atoms with Crippen LogP contribution in [0.2, 0.25) is 0 Å². The fraction of sp³-hybridized carbons (Fsp3) is 0.571. The fourth-order valence-electron chi connectivity index (χ4n) is 4.55. The predicted octanol–water partition coefficient (Wildman–Crippen LogP) is 2.77. The SMILES string of the molecule is CCN1CCN(C2CCN(c3c(C)cnc4c(OC)cccc34)C2)CC1. The number of benzene rings is 1. The van der Waals surface area contributed by atoms with Gasteiger partial charge >= 0.3 is 0 Å². The van der Waals surface area contributed by atoms with Crippen molar-refractivity contribution in [3.8, 4) is 5.75 Å². The second kappa shape index (κ2) is 7.41. The van der Waals surface area contributed by atoms with Gasteiger partial charge in [0, 0.05) is 56.9 Å². The molecule has 3 heterocycles. The van der Waals surface area contributed by atoms with E-state index in [9.17, 15) is 0 Å². The summed E-state index contributed by atoms with van der Waals surface area (Å²) in [6.45, 7) is 12.7. The van der Waals surface area contributed by atoms with Crippen molar-refractivity contribution < 1.29 is 4.74 Å². The third kappa shape index (κ3) is 3.14. The number of aryl methyl sites for hydroxylation is 1. The Labute approximate surface area is 156 Å². The number of nitrogens with zero attached hydrogens (tertiary/aromatic N) is 4. The molecule has 0 aliphatic carbocycles. The standard InChI is InChI=1S/C21H30N4O/c1-4-23-10-12-24(13-11-23)17-8-9-25(15-17)21-16(2)14-22-20-18(21)6-5-7-19(20)26-3/h5-7,14,17H,4,8-13,15H2,1-3H3. The molecule has 5 nitrogen and oxygen atoms in total. The van der Waals surface area contributed by atoms with Crippen LogP contribution in [0.25, 0.3) is 10.9 Å². The molecule has 2 fully saturated rings. The van der Waals surface area contributed by atoms with Crippen LogP contribution >= 0.6 is 0 Å². The van der Waals surface area contributed by atoms with E-state index in [-0.39, 0.29) is 0 Å². The highest BCUT2D eigenvalue weighted by atomic mass is 16.5. The lowest BCUT2D eigenvalue weighted by molar-refractivity contribution is 0.107. The van der Waals surface area contributed by atoms with Crippen LogP contribution in [0.3, 0.4) is 0 Å². The largest absolute Gasteiger partial charge is 0.494 e. The fourth-order valence-corrected chi connectivity index (χ4v) is 4.55. The Morgan fingerprint density at radius 3 is 2.69 bits per heavy atom. The Bertz CT molecular complexity index is 770. The molecule has 0 radical (unpaired) electrons. The summed E-state index contributed by atoms with van der Waals surface area (Å²) >= 11 is 0. The summed E-state index contributed by atoms with van der Waals surface area (Å²) in [5.41, 5.74) is 3.56. The minimum Gasteiger partial charge on any atom is -0.494 e. The molecule has 1 aromatic carbocycles. The Balaban J connectivity index is 1.56. The molecule has 0 saturated carbocycles. The summed E-state index contributed by atoms with van der Waals surface area (Å²) in [7, 11) is 1.72. The molecule has 5 heteroatoms. The summed E-state index contributed by atoms with van der Waals surface area (Å²) in [6, 6.07) is 6.92. The van der Waals surface area contributed by atoms with Gasteiger partial charge in [0.1, 0.15) is 11.3 Å². The van der Waals surface area contributed by atoms with Gasteiger partial charge in [-0.2, -0.15) is 0 Å². The number of methoxy groups -OCH3 is 1. The second-order valence-electron chi connectivity index (χ2n) is 7.51. The van der Waals surface area contributed by atoms with Crippen molar-refractivity contribution in [3.05, 3.63) is 30.0 Å². The van der Waals surface area contributed by atoms with Gasteiger partial charge in [-0.15, -0.1) is 0 Å². The molecule has 1 aromatic heterocycles. The third-order valence-corrected chi connectivity index (χ3v) is 6.08. The lowest BCUT2D eigenvalue weighted by atomic mass is 10.1. The van der Waals surface area contributed by atoms with Gasteiger partial charge in [-0.3, -0.25) is 9.88 Å². The number of aromatic nitrogens is 1. The lowest BCUT2D eigenvalue weighted by Crippen LogP contribution is -2.50. The number of hydrogen-bond donors (Lipinski definition) is 0. The lowest BCUT2D eigenvalue weighted by Gasteiger charge is -2.37. The minimum atomic E-state index is 0.669. The maximum atomic E-state index is 5.53. The molecule has 2 saturated heterocycles. The Hall–Kier alpha value is -1.85. The first-order valence-corrected chi connectivity index (χ1v) is 9.85. The van der Waals surface area contributed by atoms with Crippen molar-refractivity contribution >= 4 is 16.6 Å². The first-order valence-electron chi connectivity index (χ1n) is 9.85. The predicted molar refractivity (Wildman–Crippen MR) is 107 cm³/mol. The van der Waals surface area contributed by atoms with Crippen molar-refractivity contribution in [2.24, 2.45) is 0 Å². The Kier molecular flexibility index (Phi) is 5.00. The highest BCUT2D eigenvalue weighted by Crippen LogP contribution is 2.35. The number of pyridine rings is 1. The number of hydrogen-bond acceptors (Lipinski definition) is 5. The van der Waals surface area contributed by atoms with Crippen LogP contribution in [0, 0.1) is 6.92 Å². The molecule has 0 amide bonds. The van der Waals surface area contributed by atoms with Gasteiger partial charge in [0.15, 0.2) is 0 Å². The highest BCUT2D eigenvalue weighted by molar-refractivity contribution is 5.96. The molecule has 2 aromatic rings. The van der Waals surface area contributed by atoms with E-state index >= 15 is 0 Å². The zero-order valence-electron chi connectivity index (χ0n) is 16.2. The molecule has 0 bridgehead atoms. The molecule has 26 heavy (non-hydrogen) atoms. The molecule has 2 aliphatic heterocycles. The van der Waals surface area contributed by atoms with Crippen LogP contribution in [0.1, 0.15) is 18.9 Å². The number of fused-ring (bicyclic) bond motifs is 1. The summed E-state index contributed by atoms with van der Waals surface area (Å²) < 4.78 is 5.53. The van der Waals surface area contributed by atoms with Crippen LogP contribution in [-0.4, -0.2) is 73.7 Å². The molecule has 4 rings (SSSR count). The van der Waals surface area contributed by atoms with E-state index in [1.165, 1.54) is 55.8 Å². The molecule has 1 unspecified atom stereocenters. The smallest absolute Gasteiger partial charge is 0.145 e. The number of anilines is 1. The van der Waals surface area contributed by atoms with Gasteiger partial charge in [-0.05, 0) is 31.5 Å². The van der Waals surface area contributed by atoms with E-state index in [2.05, 4.69) is 45.7 Å². The van der Waals surface area contributed by atoms with Gasteiger partial charge in [-0.25, -0.2) is 0 Å². The molecular weight excluding hydrogens is 324 g/mol. The zero-order chi connectivity index (χ0) is 18.1.